The van der Waals surface area contributed by atoms with Crippen LogP contribution in [0.3, 0.4) is 0 Å². The molecule has 4 aromatic carbocycles. The molecule has 0 radical (unpaired) electrons. The van der Waals surface area contributed by atoms with Gasteiger partial charge in [-0.1, -0.05) is 11.6 Å². The van der Waals surface area contributed by atoms with Gasteiger partial charge in [0.1, 0.15) is 0 Å². The Bertz CT molecular complexity index is 1730. The zero-order valence-electron chi connectivity index (χ0n) is 15.1. The van der Waals surface area contributed by atoms with Gasteiger partial charge in [0.25, 0.3) is 0 Å². The van der Waals surface area contributed by atoms with Gasteiger partial charge in [0, 0.05) is 37.3 Å². The summed E-state index contributed by atoms with van der Waals surface area (Å²) in [6.45, 7) is 0. The average Bonchev–Trinajstić information content (AvgIpc) is 2.60. The molecule has 4 rings (SSSR count). The van der Waals surface area contributed by atoms with Crippen LogP contribution in [0.1, 0.15) is 0 Å². The third kappa shape index (κ3) is 4.31. The quantitative estimate of drug-likeness (QED) is 0.247. The maximum absolute atomic E-state index is 11.3. The molecule has 0 atom stereocenters. The normalized spacial score (nSPS) is 13.1. The van der Waals surface area contributed by atoms with Crippen LogP contribution in [-0.2, 0) is 31.2 Å². The van der Waals surface area contributed by atoms with Gasteiger partial charge in [0.15, 0.2) is 17.2 Å². The van der Waals surface area contributed by atoms with Crippen molar-refractivity contribution in [3.63, 3.8) is 0 Å². The van der Waals surface area contributed by atoms with E-state index in [-0.39, 0.29) is 37.3 Å². The van der Waals surface area contributed by atoms with Crippen molar-refractivity contribution in [2.45, 2.75) is 0 Å². The molecule has 170 valence electrons. The largest absolute Gasteiger partial charge is 0.446 e. The lowest BCUT2D eigenvalue weighted by molar-refractivity contribution is 0.384. The molecule has 0 amide bonds. The lowest BCUT2D eigenvalue weighted by Crippen LogP contribution is -2.10. The second-order valence-electron chi connectivity index (χ2n) is 6.33. The fourth-order valence-corrected chi connectivity index (χ4v) is 4.71. The molecule has 0 unspecified atom stereocenters. The molecule has 0 spiro atoms. The first-order chi connectivity index (χ1) is 14.6. The van der Waals surface area contributed by atoms with E-state index >= 15 is 0 Å². The van der Waals surface area contributed by atoms with Gasteiger partial charge in [-0.3, -0.25) is 13.7 Å². The summed E-state index contributed by atoms with van der Waals surface area (Å²) in [5, 5.41) is 0.213. The molecule has 0 saturated carbocycles. The molecule has 0 aliphatic carbocycles. The number of halogens is 1. The molecule has 0 fully saturated rings. The lowest BCUT2D eigenvalue weighted by atomic mass is 9.92. The molecule has 3 N–H and O–H groups in total. The van der Waals surface area contributed by atoms with Crippen LogP contribution in [0.5, 0.6) is 17.2 Å². The van der Waals surface area contributed by atoms with Crippen LogP contribution >= 0.6 is 11.6 Å². The van der Waals surface area contributed by atoms with Crippen LogP contribution in [-0.4, -0.2) is 38.9 Å². The van der Waals surface area contributed by atoms with Gasteiger partial charge in [0.2, 0.25) is 0 Å². The Morgan fingerprint density at radius 3 is 1.47 bits per heavy atom. The van der Waals surface area contributed by atoms with E-state index < -0.39 is 48.4 Å². The van der Waals surface area contributed by atoms with E-state index in [1.165, 1.54) is 18.2 Å². The van der Waals surface area contributed by atoms with Gasteiger partial charge in [0.05, 0.1) is 0 Å². The van der Waals surface area contributed by atoms with Crippen molar-refractivity contribution < 1.29 is 51.5 Å². The van der Waals surface area contributed by atoms with E-state index in [4.69, 9.17) is 25.3 Å². The Hall–Kier alpha value is -2.66. The van der Waals surface area contributed by atoms with E-state index in [1.807, 2.05) is 0 Å². The fraction of sp³-hybridized carbons (Fsp3) is 0. The molecular weight excluding hydrogens is 516 g/mol. The zero-order valence-corrected chi connectivity index (χ0v) is 18.3. The predicted octanol–water partition coefficient (Wildman–Crippen LogP) is 2.78. The van der Waals surface area contributed by atoms with Crippen molar-refractivity contribution in [3.8, 4) is 17.2 Å². The van der Waals surface area contributed by atoms with Crippen molar-refractivity contribution in [1.82, 2.24) is 0 Å². The second-order valence-corrected chi connectivity index (χ2v) is 9.81. The summed E-state index contributed by atoms with van der Waals surface area (Å²) >= 11 is 6.21. The van der Waals surface area contributed by atoms with E-state index in [2.05, 4.69) is 12.5 Å². The monoisotopic (exact) mass is 524 g/mol. The molecule has 0 aliphatic heterocycles. The Balaban J connectivity index is 2.26. The van der Waals surface area contributed by atoms with Gasteiger partial charge in [-0.2, -0.15) is 25.3 Å². The van der Waals surface area contributed by atoms with Crippen molar-refractivity contribution >= 4 is 75.1 Å². The number of benzene rings is 4. The zero-order chi connectivity index (χ0) is 23.6. The van der Waals surface area contributed by atoms with Crippen LogP contribution in [0.2, 0.25) is 5.02 Å². The first-order valence-corrected chi connectivity index (χ1v) is 12.5. The maximum atomic E-state index is 11.3. The van der Waals surface area contributed by atoms with Gasteiger partial charge >= 0.3 is 31.2 Å². The number of rotatable bonds is 6. The van der Waals surface area contributed by atoms with Gasteiger partial charge in [-0.25, -0.2) is 0 Å². The second kappa shape index (κ2) is 7.17. The van der Waals surface area contributed by atoms with E-state index in [0.717, 1.165) is 18.2 Å². The molecule has 32 heavy (non-hydrogen) atoms. The highest BCUT2D eigenvalue weighted by molar-refractivity contribution is 7.81. The molecule has 0 bridgehead atoms. The fourth-order valence-electron chi connectivity index (χ4n) is 3.40. The predicted molar refractivity (Wildman–Crippen MR) is 112 cm³/mol. The molecule has 0 saturated heterocycles. The summed E-state index contributed by atoms with van der Waals surface area (Å²) < 4.78 is 109. The summed E-state index contributed by atoms with van der Waals surface area (Å²) in [5.41, 5.74) is 0. The van der Waals surface area contributed by atoms with Gasteiger partial charge < -0.3 is 12.5 Å². The SMILES string of the molecule is O=S(=O)(O)Oc1cc2c(OS(=O)(=O)O)ccc3c(OS(=O)(=O)O)cc4c(Cl)ccc1c4c32. The minimum atomic E-state index is -5.04. The highest BCUT2D eigenvalue weighted by Crippen LogP contribution is 2.48. The highest BCUT2D eigenvalue weighted by atomic mass is 35.5. The standard InChI is InChI=1S/C16H9ClO12S3/c17-11-3-1-7-14(29-32(24,25)26)6-10-12(27-30(18,19)20)4-2-8-13(28-31(21,22)23)5-9(11)15(7)16(8)10/h1-6H,(H,18,19,20)(H,21,22,23)(H,24,25,26). The summed E-state index contributed by atoms with van der Waals surface area (Å²) in [5.74, 6) is -1.37. The first-order valence-electron chi connectivity index (χ1n) is 8.08. The minimum Gasteiger partial charge on any atom is -0.361 e. The van der Waals surface area contributed by atoms with Crippen LogP contribution in [0.15, 0.2) is 36.4 Å². The van der Waals surface area contributed by atoms with Crippen LogP contribution < -0.4 is 12.5 Å². The van der Waals surface area contributed by atoms with Crippen LogP contribution in [0.4, 0.5) is 0 Å². The Labute approximate surface area is 185 Å². The molecule has 16 heteroatoms. The molecule has 0 aromatic heterocycles. The third-order valence-electron chi connectivity index (χ3n) is 4.31. The average molecular weight is 525 g/mol. The Morgan fingerprint density at radius 2 is 0.969 bits per heavy atom. The van der Waals surface area contributed by atoms with Crippen LogP contribution in [0, 0.1) is 0 Å². The van der Waals surface area contributed by atoms with E-state index in [0.29, 0.717) is 0 Å². The van der Waals surface area contributed by atoms with Crippen molar-refractivity contribution in [2.75, 3.05) is 0 Å². The first kappa shape index (κ1) is 22.5. The summed E-state index contributed by atoms with van der Waals surface area (Å²) in [6, 6.07) is 6.94. The number of hydrogen-bond acceptors (Lipinski definition) is 9. The number of hydrogen-bond donors (Lipinski definition) is 3. The van der Waals surface area contributed by atoms with E-state index in [9.17, 15) is 25.3 Å². The van der Waals surface area contributed by atoms with Crippen LogP contribution in [0.25, 0.3) is 32.3 Å². The third-order valence-corrected chi connectivity index (χ3v) is 5.81. The Kier molecular flexibility index (Phi) is 5.05. The molecule has 12 nitrogen and oxygen atoms in total. The highest BCUT2D eigenvalue weighted by Gasteiger charge is 2.24. The lowest BCUT2D eigenvalue weighted by Gasteiger charge is -2.18. The van der Waals surface area contributed by atoms with Crippen molar-refractivity contribution in [2.24, 2.45) is 0 Å². The van der Waals surface area contributed by atoms with Gasteiger partial charge in [-0.05, 0) is 36.4 Å². The van der Waals surface area contributed by atoms with Gasteiger partial charge in [-0.15, -0.1) is 0 Å². The molecule has 0 heterocycles. The van der Waals surface area contributed by atoms with E-state index in [1.54, 1.807) is 0 Å². The molecular formula is C16H9ClO12S3. The minimum absolute atomic E-state index is 0.0125. The molecule has 0 aliphatic rings. The van der Waals surface area contributed by atoms with Crippen molar-refractivity contribution in [1.29, 1.82) is 0 Å². The molecule has 4 aromatic rings. The maximum Gasteiger partial charge on any atom is 0.446 e. The van der Waals surface area contributed by atoms with Crippen molar-refractivity contribution in [3.05, 3.63) is 41.4 Å². The summed E-state index contributed by atoms with van der Waals surface area (Å²) in [7, 11) is -15.1. The summed E-state index contributed by atoms with van der Waals surface area (Å²) in [6.07, 6.45) is 0. The smallest absolute Gasteiger partial charge is 0.361 e. The summed E-state index contributed by atoms with van der Waals surface area (Å²) in [4.78, 5) is 0. The topological polar surface area (TPSA) is 191 Å². The Morgan fingerprint density at radius 1 is 0.562 bits per heavy atom.